The van der Waals surface area contributed by atoms with E-state index in [2.05, 4.69) is 15.3 Å². The second kappa shape index (κ2) is 6.68. The van der Waals surface area contributed by atoms with Crippen molar-refractivity contribution < 1.29 is 9.53 Å². The SMILES string of the molecule is COc1ccccc1N=C1NC(=O)/C(=C/c2ccc3ncn(C)c3c2)S1. The van der Waals surface area contributed by atoms with Crippen molar-refractivity contribution in [3.05, 3.63) is 59.3 Å². The molecule has 6 nitrogen and oxygen atoms in total. The largest absolute Gasteiger partial charge is 0.494 e. The van der Waals surface area contributed by atoms with Crippen LogP contribution in [-0.4, -0.2) is 27.7 Å². The minimum absolute atomic E-state index is 0.159. The third kappa shape index (κ3) is 3.09. The molecule has 7 heteroatoms. The van der Waals surface area contributed by atoms with Gasteiger partial charge in [0.1, 0.15) is 11.4 Å². The Morgan fingerprint density at radius 3 is 2.96 bits per heavy atom. The Kier molecular flexibility index (Phi) is 4.22. The van der Waals surface area contributed by atoms with Crippen LogP contribution in [0.4, 0.5) is 5.69 Å². The first-order valence-electron chi connectivity index (χ1n) is 7.98. The third-order valence-corrected chi connectivity index (χ3v) is 4.92. The molecule has 0 radical (unpaired) electrons. The maximum absolute atomic E-state index is 12.3. The summed E-state index contributed by atoms with van der Waals surface area (Å²) >= 11 is 1.31. The number of aliphatic imine (C=N–C) groups is 1. The maximum Gasteiger partial charge on any atom is 0.264 e. The predicted molar refractivity (Wildman–Crippen MR) is 105 cm³/mol. The summed E-state index contributed by atoms with van der Waals surface area (Å²) in [6.07, 6.45) is 3.63. The molecular weight excluding hydrogens is 348 g/mol. The van der Waals surface area contributed by atoms with E-state index < -0.39 is 0 Å². The Morgan fingerprint density at radius 2 is 2.12 bits per heavy atom. The molecule has 0 saturated carbocycles. The number of amides is 1. The standard InChI is InChI=1S/C19H16N4O2S/c1-23-11-20-13-8-7-12(9-15(13)23)10-17-18(24)22-19(26-17)21-14-5-3-4-6-16(14)25-2/h3-11H,1-2H3,(H,21,22,24)/b17-10-. The van der Waals surface area contributed by atoms with E-state index in [1.54, 1.807) is 13.4 Å². The van der Waals surface area contributed by atoms with Crippen LogP contribution in [0.15, 0.2) is 58.7 Å². The summed E-state index contributed by atoms with van der Waals surface area (Å²) in [6, 6.07) is 13.3. The van der Waals surface area contributed by atoms with Gasteiger partial charge >= 0.3 is 0 Å². The van der Waals surface area contributed by atoms with Crippen LogP contribution in [0.5, 0.6) is 5.75 Å². The zero-order valence-corrected chi connectivity index (χ0v) is 15.1. The highest BCUT2D eigenvalue weighted by Gasteiger charge is 2.24. The molecule has 3 aromatic rings. The van der Waals surface area contributed by atoms with E-state index in [0.717, 1.165) is 16.6 Å². The minimum Gasteiger partial charge on any atom is -0.494 e. The summed E-state index contributed by atoms with van der Waals surface area (Å²) in [7, 11) is 3.54. The fourth-order valence-corrected chi connectivity index (χ4v) is 3.53. The van der Waals surface area contributed by atoms with Gasteiger partial charge in [-0.1, -0.05) is 18.2 Å². The normalized spacial score (nSPS) is 17.2. The molecule has 130 valence electrons. The number of amidine groups is 1. The number of rotatable bonds is 3. The predicted octanol–water partition coefficient (Wildman–Crippen LogP) is 3.47. The zero-order valence-electron chi connectivity index (χ0n) is 14.3. The number of hydrogen-bond donors (Lipinski definition) is 1. The van der Waals surface area contributed by atoms with Gasteiger partial charge in [0.05, 0.1) is 29.4 Å². The molecule has 1 aliphatic heterocycles. The van der Waals surface area contributed by atoms with Crippen molar-refractivity contribution in [1.29, 1.82) is 0 Å². The first-order chi connectivity index (χ1) is 12.6. The smallest absolute Gasteiger partial charge is 0.264 e. The van der Waals surface area contributed by atoms with Gasteiger partial charge in [-0.25, -0.2) is 9.98 Å². The molecule has 1 aromatic heterocycles. The first kappa shape index (κ1) is 16.4. The molecule has 1 fully saturated rings. The number of nitrogens with zero attached hydrogens (tertiary/aromatic N) is 3. The number of imidazole rings is 1. The number of methoxy groups -OCH3 is 1. The van der Waals surface area contributed by atoms with Crippen LogP contribution in [0.3, 0.4) is 0 Å². The number of fused-ring (bicyclic) bond motifs is 1. The van der Waals surface area contributed by atoms with Crippen LogP contribution in [0.2, 0.25) is 0 Å². The summed E-state index contributed by atoms with van der Waals surface area (Å²) in [5.41, 5.74) is 3.56. The van der Waals surface area contributed by atoms with E-state index in [0.29, 0.717) is 21.5 Å². The molecule has 0 atom stereocenters. The van der Waals surface area contributed by atoms with E-state index in [9.17, 15) is 4.79 Å². The van der Waals surface area contributed by atoms with Crippen molar-refractivity contribution in [2.75, 3.05) is 7.11 Å². The molecule has 1 saturated heterocycles. The highest BCUT2D eigenvalue weighted by molar-refractivity contribution is 8.18. The van der Waals surface area contributed by atoms with Gasteiger partial charge in [-0.3, -0.25) is 4.79 Å². The summed E-state index contributed by atoms with van der Waals surface area (Å²) < 4.78 is 7.25. The van der Waals surface area contributed by atoms with Crippen LogP contribution in [0.1, 0.15) is 5.56 Å². The number of nitrogens with one attached hydrogen (secondary N) is 1. The van der Waals surface area contributed by atoms with Crippen LogP contribution in [0.25, 0.3) is 17.1 Å². The fraction of sp³-hybridized carbons (Fsp3) is 0.105. The minimum atomic E-state index is -0.159. The van der Waals surface area contributed by atoms with Crippen LogP contribution < -0.4 is 10.1 Å². The van der Waals surface area contributed by atoms with Crippen molar-refractivity contribution in [3.8, 4) is 5.75 Å². The average molecular weight is 364 g/mol. The van der Waals surface area contributed by atoms with Gasteiger partial charge in [-0.15, -0.1) is 0 Å². The number of para-hydroxylation sites is 2. The molecule has 1 N–H and O–H groups in total. The molecule has 4 rings (SSSR count). The molecule has 0 aliphatic carbocycles. The lowest BCUT2D eigenvalue weighted by Gasteiger charge is -2.03. The van der Waals surface area contributed by atoms with Crippen molar-refractivity contribution in [3.63, 3.8) is 0 Å². The number of ether oxygens (including phenoxy) is 1. The Bertz CT molecular complexity index is 1070. The van der Waals surface area contributed by atoms with Crippen molar-refractivity contribution in [2.24, 2.45) is 12.0 Å². The van der Waals surface area contributed by atoms with E-state index in [-0.39, 0.29) is 5.91 Å². The first-order valence-corrected chi connectivity index (χ1v) is 8.79. The number of aryl methyl sites for hydroxylation is 1. The molecule has 26 heavy (non-hydrogen) atoms. The second-order valence-electron chi connectivity index (χ2n) is 5.76. The number of carbonyl (C=O) groups is 1. The lowest BCUT2D eigenvalue weighted by atomic mass is 10.2. The van der Waals surface area contributed by atoms with Crippen LogP contribution >= 0.6 is 11.8 Å². The molecule has 0 bridgehead atoms. The fourth-order valence-electron chi connectivity index (χ4n) is 2.70. The van der Waals surface area contributed by atoms with Gasteiger partial charge in [0.2, 0.25) is 0 Å². The number of benzene rings is 2. The van der Waals surface area contributed by atoms with Crippen LogP contribution in [0, 0.1) is 0 Å². The summed E-state index contributed by atoms with van der Waals surface area (Å²) in [6.45, 7) is 0. The van der Waals surface area contributed by atoms with Gasteiger partial charge in [0.25, 0.3) is 5.91 Å². The van der Waals surface area contributed by atoms with Crippen LogP contribution in [-0.2, 0) is 11.8 Å². The number of hydrogen-bond acceptors (Lipinski definition) is 5. The highest BCUT2D eigenvalue weighted by atomic mass is 32.2. The van der Waals surface area contributed by atoms with Gasteiger partial charge in [-0.05, 0) is 47.7 Å². The number of thioether (sulfide) groups is 1. The number of carbonyl (C=O) groups excluding carboxylic acids is 1. The highest BCUT2D eigenvalue weighted by Crippen LogP contribution is 2.32. The average Bonchev–Trinajstić information content (AvgIpc) is 3.18. The maximum atomic E-state index is 12.3. The Labute approximate surface area is 154 Å². The molecular formula is C19H16N4O2S. The topological polar surface area (TPSA) is 68.5 Å². The third-order valence-electron chi connectivity index (χ3n) is 4.01. The summed E-state index contributed by atoms with van der Waals surface area (Å²) in [5, 5.41) is 3.33. The second-order valence-corrected chi connectivity index (χ2v) is 6.79. The molecule has 2 aromatic carbocycles. The van der Waals surface area contributed by atoms with Gasteiger partial charge in [0, 0.05) is 7.05 Å². The van der Waals surface area contributed by atoms with E-state index in [1.165, 1.54) is 11.8 Å². The van der Waals surface area contributed by atoms with Crippen molar-refractivity contribution >= 4 is 45.6 Å². The Hall–Kier alpha value is -3.06. The quantitative estimate of drug-likeness (QED) is 0.723. The van der Waals surface area contributed by atoms with Gasteiger partial charge < -0.3 is 14.6 Å². The Balaban J connectivity index is 1.63. The molecule has 0 unspecified atom stereocenters. The monoisotopic (exact) mass is 364 g/mol. The Morgan fingerprint density at radius 1 is 1.27 bits per heavy atom. The molecule has 1 amide bonds. The van der Waals surface area contributed by atoms with E-state index in [4.69, 9.17) is 4.74 Å². The molecule has 1 aliphatic rings. The lowest BCUT2D eigenvalue weighted by molar-refractivity contribution is -0.115. The van der Waals surface area contributed by atoms with Crippen molar-refractivity contribution in [1.82, 2.24) is 14.9 Å². The molecule has 0 spiro atoms. The van der Waals surface area contributed by atoms with Crippen molar-refractivity contribution in [2.45, 2.75) is 0 Å². The summed E-state index contributed by atoms with van der Waals surface area (Å²) in [5.74, 6) is 0.502. The van der Waals surface area contributed by atoms with Gasteiger partial charge in [-0.2, -0.15) is 0 Å². The number of aromatic nitrogens is 2. The van der Waals surface area contributed by atoms with E-state index >= 15 is 0 Å². The van der Waals surface area contributed by atoms with E-state index in [1.807, 2.05) is 60.2 Å². The van der Waals surface area contributed by atoms with Gasteiger partial charge in [0.15, 0.2) is 5.17 Å². The zero-order chi connectivity index (χ0) is 18.1. The summed E-state index contributed by atoms with van der Waals surface area (Å²) in [4.78, 5) is 21.7. The lowest BCUT2D eigenvalue weighted by Crippen LogP contribution is -2.19. The molecule has 2 heterocycles.